The molecule has 0 amide bonds. The van der Waals surface area contributed by atoms with Gasteiger partial charge in [0.1, 0.15) is 0 Å². The molecule has 3 N–H and O–H groups in total. The molecule has 0 saturated carbocycles. The number of aliphatic imine (C=N–C) groups is 1. The molecule has 4 nitrogen and oxygen atoms in total. The van der Waals surface area contributed by atoms with Crippen molar-refractivity contribution in [2.24, 2.45) is 10.7 Å². The van der Waals surface area contributed by atoms with Crippen LogP contribution in [0.4, 0.5) is 0 Å². The van der Waals surface area contributed by atoms with Crippen LogP contribution >= 0.6 is 0 Å². The van der Waals surface area contributed by atoms with E-state index in [1.54, 1.807) is 24.4 Å². The topological polar surface area (TPSA) is 67.8 Å². The lowest BCUT2D eigenvalue weighted by Crippen LogP contribution is -2.02. The smallest absolute Gasteiger partial charge is 0.161 e. The summed E-state index contributed by atoms with van der Waals surface area (Å²) in [6.07, 6.45) is 1.70. The Bertz CT molecular complexity index is 324. The average Bonchev–Trinajstić information content (AvgIpc) is 2.21. The number of methoxy groups -OCH3 is 1. The van der Waals surface area contributed by atoms with Gasteiger partial charge in [0.05, 0.1) is 13.7 Å². The lowest BCUT2D eigenvalue weighted by atomic mass is 10.2. The molecule has 0 aromatic heterocycles. The van der Waals surface area contributed by atoms with E-state index in [0.717, 1.165) is 5.56 Å². The predicted molar refractivity (Wildman–Crippen MR) is 56.2 cm³/mol. The van der Waals surface area contributed by atoms with Crippen LogP contribution in [0.5, 0.6) is 11.5 Å². The Balaban J connectivity index is 2.79. The molecule has 0 fully saturated rings. The van der Waals surface area contributed by atoms with Crippen LogP contribution in [-0.4, -0.2) is 31.5 Å². The van der Waals surface area contributed by atoms with Gasteiger partial charge < -0.3 is 15.6 Å². The Kier molecular flexibility index (Phi) is 3.94. The third-order valence-corrected chi connectivity index (χ3v) is 1.70. The second kappa shape index (κ2) is 5.24. The molecule has 14 heavy (non-hydrogen) atoms. The molecule has 0 spiro atoms. The second-order valence-corrected chi connectivity index (χ2v) is 2.76. The third-order valence-electron chi connectivity index (χ3n) is 1.70. The van der Waals surface area contributed by atoms with Gasteiger partial charge in [0.15, 0.2) is 11.5 Å². The highest BCUT2D eigenvalue weighted by atomic mass is 16.5. The summed E-state index contributed by atoms with van der Waals surface area (Å²) in [6.45, 7) is 1.13. The fraction of sp³-hybridized carbons (Fsp3) is 0.300. The molecule has 0 aliphatic rings. The van der Waals surface area contributed by atoms with Crippen LogP contribution in [0.15, 0.2) is 23.2 Å². The van der Waals surface area contributed by atoms with Crippen molar-refractivity contribution in [3.8, 4) is 11.5 Å². The maximum absolute atomic E-state index is 9.32. The van der Waals surface area contributed by atoms with Crippen molar-refractivity contribution < 1.29 is 9.84 Å². The number of hydrogen-bond donors (Lipinski definition) is 2. The fourth-order valence-electron chi connectivity index (χ4n) is 1.02. The Morgan fingerprint density at radius 2 is 2.36 bits per heavy atom. The van der Waals surface area contributed by atoms with Crippen LogP contribution in [0.1, 0.15) is 5.56 Å². The second-order valence-electron chi connectivity index (χ2n) is 2.76. The van der Waals surface area contributed by atoms with Gasteiger partial charge in [0.2, 0.25) is 0 Å². The Morgan fingerprint density at radius 3 is 3.00 bits per heavy atom. The summed E-state index contributed by atoms with van der Waals surface area (Å²) in [5.41, 5.74) is 6.18. The first kappa shape index (κ1) is 10.5. The first-order valence-corrected chi connectivity index (χ1v) is 4.35. The van der Waals surface area contributed by atoms with Crippen molar-refractivity contribution in [2.45, 2.75) is 0 Å². The number of benzene rings is 1. The lowest BCUT2D eigenvalue weighted by Gasteiger charge is -2.03. The number of phenols is 1. The number of nitrogens with zero attached hydrogens (tertiary/aromatic N) is 1. The molecule has 0 aliphatic heterocycles. The van der Waals surface area contributed by atoms with Crippen LogP contribution in [0.3, 0.4) is 0 Å². The molecule has 1 aromatic rings. The molecule has 0 saturated heterocycles. The molecular weight excluding hydrogens is 180 g/mol. The van der Waals surface area contributed by atoms with Crippen molar-refractivity contribution in [3.05, 3.63) is 23.8 Å². The molecule has 0 radical (unpaired) electrons. The Morgan fingerprint density at radius 1 is 1.57 bits per heavy atom. The van der Waals surface area contributed by atoms with Gasteiger partial charge >= 0.3 is 0 Å². The van der Waals surface area contributed by atoms with Crippen LogP contribution < -0.4 is 10.5 Å². The van der Waals surface area contributed by atoms with E-state index in [0.29, 0.717) is 18.8 Å². The predicted octanol–water partition coefficient (Wildman–Crippen LogP) is 0.778. The number of rotatable bonds is 4. The monoisotopic (exact) mass is 194 g/mol. The molecule has 1 aromatic carbocycles. The van der Waals surface area contributed by atoms with Crippen molar-refractivity contribution in [1.29, 1.82) is 0 Å². The van der Waals surface area contributed by atoms with Gasteiger partial charge in [-0.3, -0.25) is 4.99 Å². The largest absolute Gasteiger partial charge is 0.504 e. The van der Waals surface area contributed by atoms with Gasteiger partial charge in [-0.25, -0.2) is 0 Å². The summed E-state index contributed by atoms with van der Waals surface area (Å²) in [7, 11) is 1.51. The van der Waals surface area contributed by atoms with E-state index in [4.69, 9.17) is 10.5 Å². The van der Waals surface area contributed by atoms with E-state index >= 15 is 0 Å². The number of aromatic hydroxyl groups is 1. The highest BCUT2D eigenvalue weighted by molar-refractivity contribution is 5.80. The summed E-state index contributed by atoms with van der Waals surface area (Å²) in [4.78, 5) is 4.08. The minimum absolute atomic E-state index is 0.128. The first-order valence-electron chi connectivity index (χ1n) is 4.35. The highest BCUT2D eigenvalue weighted by Gasteiger charge is 2.00. The van der Waals surface area contributed by atoms with Gasteiger partial charge in [-0.05, 0) is 23.8 Å². The Labute approximate surface area is 83.0 Å². The Hall–Kier alpha value is -1.55. The summed E-state index contributed by atoms with van der Waals surface area (Å²) < 4.78 is 4.96. The van der Waals surface area contributed by atoms with Crippen molar-refractivity contribution >= 4 is 6.21 Å². The zero-order chi connectivity index (χ0) is 10.4. The molecule has 0 aliphatic carbocycles. The lowest BCUT2D eigenvalue weighted by molar-refractivity contribution is 0.373. The van der Waals surface area contributed by atoms with Gasteiger partial charge in [-0.2, -0.15) is 0 Å². The van der Waals surface area contributed by atoms with Crippen LogP contribution in [0.25, 0.3) is 0 Å². The third kappa shape index (κ3) is 2.74. The zero-order valence-corrected chi connectivity index (χ0v) is 8.10. The molecule has 0 heterocycles. The van der Waals surface area contributed by atoms with E-state index in [1.807, 2.05) is 0 Å². The molecule has 0 bridgehead atoms. The average molecular weight is 194 g/mol. The zero-order valence-electron chi connectivity index (χ0n) is 8.10. The van der Waals surface area contributed by atoms with Gasteiger partial charge in [0.25, 0.3) is 0 Å². The van der Waals surface area contributed by atoms with E-state index in [2.05, 4.69) is 4.99 Å². The summed E-state index contributed by atoms with van der Waals surface area (Å²) in [5, 5.41) is 9.32. The molecule has 76 valence electrons. The molecule has 0 unspecified atom stereocenters. The van der Waals surface area contributed by atoms with E-state index in [-0.39, 0.29) is 5.75 Å². The normalized spacial score (nSPS) is 10.7. The highest BCUT2D eigenvalue weighted by Crippen LogP contribution is 2.25. The maximum atomic E-state index is 9.32. The molecule has 4 heteroatoms. The fourth-order valence-corrected chi connectivity index (χ4v) is 1.02. The molecule has 0 atom stereocenters. The summed E-state index contributed by atoms with van der Waals surface area (Å²) in [5.74, 6) is 0.574. The quantitative estimate of drug-likeness (QED) is 0.696. The SMILES string of the molecule is COc1cc(C=NCCN)ccc1O. The number of phenolic OH excluding ortho intramolecular Hbond substituents is 1. The first-order chi connectivity index (χ1) is 6.77. The van der Waals surface area contributed by atoms with Gasteiger partial charge in [0, 0.05) is 12.8 Å². The standard InChI is InChI=1S/C10H14N2O2/c1-14-10-6-8(2-3-9(10)13)7-12-5-4-11/h2-3,6-7,13H,4-5,11H2,1H3. The minimum Gasteiger partial charge on any atom is -0.504 e. The summed E-state index contributed by atoms with van der Waals surface area (Å²) >= 11 is 0. The number of nitrogens with two attached hydrogens (primary N) is 1. The van der Waals surface area contributed by atoms with Gasteiger partial charge in [-0.1, -0.05) is 0 Å². The maximum Gasteiger partial charge on any atom is 0.161 e. The van der Waals surface area contributed by atoms with Crippen molar-refractivity contribution in [2.75, 3.05) is 20.2 Å². The van der Waals surface area contributed by atoms with Crippen LogP contribution in [-0.2, 0) is 0 Å². The number of ether oxygens (including phenoxy) is 1. The molecular formula is C10H14N2O2. The number of hydrogen-bond acceptors (Lipinski definition) is 4. The van der Waals surface area contributed by atoms with Crippen molar-refractivity contribution in [3.63, 3.8) is 0 Å². The van der Waals surface area contributed by atoms with Crippen LogP contribution in [0, 0.1) is 0 Å². The van der Waals surface area contributed by atoms with Gasteiger partial charge in [-0.15, -0.1) is 0 Å². The molecule has 1 rings (SSSR count). The minimum atomic E-state index is 0.128. The van der Waals surface area contributed by atoms with E-state index in [9.17, 15) is 5.11 Å². The van der Waals surface area contributed by atoms with Crippen molar-refractivity contribution in [1.82, 2.24) is 0 Å². The van der Waals surface area contributed by atoms with E-state index in [1.165, 1.54) is 7.11 Å². The van der Waals surface area contributed by atoms with Crippen LogP contribution in [0.2, 0.25) is 0 Å². The van der Waals surface area contributed by atoms with E-state index < -0.39 is 0 Å². The summed E-state index contributed by atoms with van der Waals surface area (Å²) in [6, 6.07) is 5.05.